The molecule has 0 spiro atoms. The third-order valence-corrected chi connectivity index (χ3v) is 3.03. The first-order chi connectivity index (χ1) is 8.58. The molecular formula is C14H14FNO2. The fourth-order valence-corrected chi connectivity index (χ4v) is 1.99. The molecule has 0 fully saturated rings. The Morgan fingerprint density at radius 3 is 2.78 bits per heavy atom. The Balaban J connectivity index is 2.09. The summed E-state index contributed by atoms with van der Waals surface area (Å²) >= 11 is 0. The molecule has 18 heavy (non-hydrogen) atoms. The number of nitrogens with one attached hydrogen (secondary N) is 1. The number of aromatic nitrogens is 1. The first-order valence-corrected chi connectivity index (χ1v) is 5.72. The maximum Gasteiger partial charge on any atom is 0.352 e. The smallest absolute Gasteiger partial charge is 0.352 e. The Kier molecular flexibility index (Phi) is 3.46. The molecule has 0 saturated heterocycles. The van der Waals surface area contributed by atoms with Crippen molar-refractivity contribution in [2.45, 2.75) is 19.8 Å². The second-order valence-electron chi connectivity index (χ2n) is 4.25. The van der Waals surface area contributed by atoms with Crippen molar-refractivity contribution in [3.05, 3.63) is 58.7 Å². The second-order valence-corrected chi connectivity index (χ2v) is 4.25. The molecule has 1 heterocycles. The van der Waals surface area contributed by atoms with E-state index >= 15 is 0 Å². The third-order valence-electron chi connectivity index (χ3n) is 3.03. The number of carboxylic acid groups (broad SMARTS) is 1. The lowest BCUT2D eigenvalue weighted by Crippen LogP contribution is -1.99. The summed E-state index contributed by atoms with van der Waals surface area (Å²) in [6.45, 7) is 1.78. The van der Waals surface area contributed by atoms with Gasteiger partial charge in [-0.15, -0.1) is 0 Å². The number of carbonyl (C=O) groups is 1. The van der Waals surface area contributed by atoms with E-state index in [1.54, 1.807) is 19.2 Å². The number of hydrogen-bond donors (Lipinski definition) is 2. The van der Waals surface area contributed by atoms with Crippen LogP contribution in [-0.4, -0.2) is 16.1 Å². The van der Waals surface area contributed by atoms with Crippen molar-refractivity contribution >= 4 is 5.97 Å². The van der Waals surface area contributed by atoms with E-state index in [0.717, 1.165) is 16.7 Å². The summed E-state index contributed by atoms with van der Waals surface area (Å²) in [6.07, 6.45) is 3.09. The highest BCUT2D eigenvalue weighted by molar-refractivity contribution is 5.87. The Labute approximate surface area is 104 Å². The summed E-state index contributed by atoms with van der Waals surface area (Å²) in [4.78, 5) is 13.6. The van der Waals surface area contributed by atoms with E-state index in [1.165, 1.54) is 12.1 Å². The predicted molar refractivity (Wildman–Crippen MR) is 66.3 cm³/mol. The third kappa shape index (κ3) is 2.59. The van der Waals surface area contributed by atoms with E-state index in [-0.39, 0.29) is 11.5 Å². The van der Waals surface area contributed by atoms with Crippen LogP contribution in [0, 0.1) is 12.7 Å². The van der Waals surface area contributed by atoms with E-state index in [1.807, 2.05) is 6.07 Å². The van der Waals surface area contributed by atoms with Crippen LogP contribution in [0.5, 0.6) is 0 Å². The van der Waals surface area contributed by atoms with Gasteiger partial charge in [0.2, 0.25) is 0 Å². The Bertz CT molecular complexity index is 575. The molecule has 0 unspecified atom stereocenters. The number of hydrogen-bond acceptors (Lipinski definition) is 1. The first-order valence-electron chi connectivity index (χ1n) is 5.72. The van der Waals surface area contributed by atoms with Gasteiger partial charge in [0.1, 0.15) is 11.5 Å². The second kappa shape index (κ2) is 5.04. The molecule has 3 nitrogen and oxygen atoms in total. The van der Waals surface area contributed by atoms with Gasteiger partial charge in [0.05, 0.1) is 0 Å². The van der Waals surface area contributed by atoms with Crippen LogP contribution in [0.2, 0.25) is 0 Å². The predicted octanol–water partition coefficient (Wildman–Crippen LogP) is 2.95. The first kappa shape index (κ1) is 12.4. The average molecular weight is 247 g/mol. The summed E-state index contributed by atoms with van der Waals surface area (Å²) in [5, 5.41) is 8.92. The van der Waals surface area contributed by atoms with Crippen LogP contribution in [0.3, 0.4) is 0 Å². The molecule has 0 aliphatic carbocycles. The molecular weight excluding hydrogens is 233 g/mol. The van der Waals surface area contributed by atoms with Gasteiger partial charge in [-0.1, -0.05) is 12.1 Å². The summed E-state index contributed by atoms with van der Waals surface area (Å²) in [6, 6.07) is 6.45. The molecule has 0 atom stereocenters. The van der Waals surface area contributed by atoms with Crippen molar-refractivity contribution in [1.82, 2.24) is 4.98 Å². The molecule has 0 aliphatic heterocycles. The van der Waals surface area contributed by atoms with E-state index in [2.05, 4.69) is 4.98 Å². The molecule has 0 aliphatic rings. The fraction of sp³-hybridized carbons (Fsp3) is 0.214. The number of carboxylic acids is 1. The zero-order valence-electron chi connectivity index (χ0n) is 10.0. The van der Waals surface area contributed by atoms with Gasteiger partial charge in [0.15, 0.2) is 0 Å². The van der Waals surface area contributed by atoms with Gasteiger partial charge in [-0.25, -0.2) is 9.18 Å². The highest BCUT2D eigenvalue weighted by Crippen LogP contribution is 2.16. The molecule has 2 aromatic rings. The van der Waals surface area contributed by atoms with Crippen LogP contribution in [0.4, 0.5) is 4.39 Å². The minimum Gasteiger partial charge on any atom is -0.477 e. The van der Waals surface area contributed by atoms with Gasteiger partial charge >= 0.3 is 5.97 Å². The SMILES string of the molecule is Cc1c(CCc2cccc(F)c2)c[nH]c1C(=O)O. The van der Waals surface area contributed by atoms with Crippen LogP contribution in [0.1, 0.15) is 27.2 Å². The van der Waals surface area contributed by atoms with Gasteiger partial charge in [-0.3, -0.25) is 0 Å². The van der Waals surface area contributed by atoms with Gasteiger partial charge in [-0.05, 0) is 48.6 Å². The molecule has 94 valence electrons. The molecule has 2 rings (SSSR count). The normalized spacial score (nSPS) is 10.6. The molecule has 2 N–H and O–H groups in total. The zero-order valence-corrected chi connectivity index (χ0v) is 10.0. The quantitative estimate of drug-likeness (QED) is 0.872. The van der Waals surface area contributed by atoms with Crippen LogP contribution < -0.4 is 0 Å². The summed E-state index contributed by atoms with van der Waals surface area (Å²) < 4.78 is 13.0. The van der Waals surface area contributed by atoms with Gasteiger partial charge < -0.3 is 10.1 Å². The highest BCUT2D eigenvalue weighted by atomic mass is 19.1. The summed E-state index contributed by atoms with van der Waals surface area (Å²) in [7, 11) is 0. The van der Waals surface area contributed by atoms with E-state index in [9.17, 15) is 9.18 Å². The standard InChI is InChI=1S/C14H14FNO2/c1-9-11(8-16-13(9)14(17)18)6-5-10-3-2-4-12(15)7-10/h2-4,7-8,16H,5-6H2,1H3,(H,17,18). The van der Waals surface area contributed by atoms with Crippen molar-refractivity contribution in [2.24, 2.45) is 0 Å². The number of aromatic amines is 1. The lowest BCUT2D eigenvalue weighted by atomic mass is 10.0. The van der Waals surface area contributed by atoms with Crippen molar-refractivity contribution in [2.75, 3.05) is 0 Å². The van der Waals surface area contributed by atoms with Crippen LogP contribution in [-0.2, 0) is 12.8 Å². The molecule has 0 amide bonds. The molecule has 4 heteroatoms. The maximum atomic E-state index is 13.0. The number of aromatic carboxylic acids is 1. The van der Waals surface area contributed by atoms with Crippen molar-refractivity contribution in [1.29, 1.82) is 0 Å². The van der Waals surface area contributed by atoms with Crippen molar-refractivity contribution in [3.8, 4) is 0 Å². The van der Waals surface area contributed by atoms with Crippen LogP contribution in [0.15, 0.2) is 30.5 Å². The Hall–Kier alpha value is -2.10. The van der Waals surface area contributed by atoms with Gasteiger partial charge in [0.25, 0.3) is 0 Å². The Morgan fingerprint density at radius 1 is 1.39 bits per heavy atom. The summed E-state index contributed by atoms with van der Waals surface area (Å²) in [5.74, 6) is -1.20. The van der Waals surface area contributed by atoms with Gasteiger partial charge in [0, 0.05) is 6.20 Å². The lowest BCUT2D eigenvalue weighted by Gasteiger charge is -2.02. The average Bonchev–Trinajstić information content (AvgIpc) is 2.68. The number of benzene rings is 1. The minimum absolute atomic E-state index is 0.226. The number of H-pyrrole nitrogens is 1. The molecule has 1 aromatic carbocycles. The molecule has 0 radical (unpaired) electrons. The van der Waals surface area contributed by atoms with E-state index in [0.29, 0.717) is 12.8 Å². The topological polar surface area (TPSA) is 53.1 Å². The number of halogens is 1. The highest BCUT2D eigenvalue weighted by Gasteiger charge is 2.12. The fourth-order valence-electron chi connectivity index (χ4n) is 1.99. The molecule has 1 aromatic heterocycles. The van der Waals surface area contributed by atoms with Gasteiger partial charge in [-0.2, -0.15) is 0 Å². The number of rotatable bonds is 4. The molecule has 0 bridgehead atoms. The maximum absolute atomic E-state index is 13.0. The van der Waals surface area contributed by atoms with E-state index in [4.69, 9.17) is 5.11 Å². The van der Waals surface area contributed by atoms with Crippen molar-refractivity contribution in [3.63, 3.8) is 0 Å². The number of aryl methyl sites for hydroxylation is 2. The monoisotopic (exact) mass is 247 g/mol. The van der Waals surface area contributed by atoms with E-state index < -0.39 is 5.97 Å². The lowest BCUT2D eigenvalue weighted by molar-refractivity contribution is 0.0690. The van der Waals surface area contributed by atoms with Crippen LogP contribution >= 0.6 is 0 Å². The molecule has 0 saturated carbocycles. The van der Waals surface area contributed by atoms with Crippen molar-refractivity contribution < 1.29 is 14.3 Å². The summed E-state index contributed by atoms with van der Waals surface area (Å²) in [5.41, 5.74) is 2.84. The minimum atomic E-state index is -0.954. The zero-order chi connectivity index (χ0) is 13.1. The Morgan fingerprint density at radius 2 is 2.17 bits per heavy atom. The van der Waals surface area contributed by atoms with Crippen LogP contribution in [0.25, 0.3) is 0 Å². The largest absolute Gasteiger partial charge is 0.477 e.